The normalized spacial score (nSPS) is 16.8. The van der Waals surface area contributed by atoms with Crippen LogP contribution in [0.3, 0.4) is 0 Å². The first-order chi connectivity index (χ1) is 9.39. The minimum absolute atomic E-state index is 0.0955. The molecule has 0 aromatic carbocycles. The molecule has 0 amide bonds. The van der Waals surface area contributed by atoms with Crippen LogP contribution in [0.4, 0.5) is 26.3 Å². The lowest BCUT2D eigenvalue weighted by atomic mass is 10.2. The third kappa shape index (κ3) is 6.04. The summed E-state index contributed by atoms with van der Waals surface area (Å²) in [6, 6.07) is 0. The van der Waals surface area contributed by atoms with Gasteiger partial charge in [-0.3, -0.25) is 0 Å². The Kier molecular flexibility index (Phi) is 7.52. The van der Waals surface area contributed by atoms with Gasteiger partial charge in [0.15, 0.2) is 20.3 Å². The number of unbranched alkanes of at least 4 members (excludes halogenated alkanes) is 2. The zero-order valence-corrected chi connectivity index (χ0v) is 12.7. The predicted molar refractivity (Wildman–Crippen MR) is 67.7 cm³/mol. The van der Waals surface area contributed by atoms with E-state index in [0.717, 1.165) is 0 Å². The Morgan fingerprint density at radius 1 is 0.762 bits per heavy atom. The SMILES string of the molecule is CCCCC(C(F)(F)F)S(=O)(=O)C(CCCC)C(F)(F)F. The van der Waals surface area contributed by atoms with E-state index >= 15 is 0 Å². The summed E-state index contributed by atoms with van der Waals surface area (Å²) in [6.07, 6.45) is -11.7. The zero-order chi connectivity index (χ0) is 16.9. The Balaban J connectivity index is 5.58. The summed E-state index contributed by atoms with van der Waals surface area (Å²) in [6.45, 7) is 3.08. The Labute approximate surface area is 120 Å². The minimum atomic E-state index is -5.37. The molecule has 0 saturated heterocycles. The standard InChI is InChI=1S/C12H20F6O2S/c1-3-5-7-9(11(13,14)15)21(19,20)10(8-6-4-2)12(16,17)18/h9-10H,3-8H2,1-2H3. The van der Waals surface area contributed by atoms with Gasteiger partial charge in [-0.1, -0.05) is 39.5 Å². The van der Waals surface area contributed by atoms with Crippen molar-refractivity contribution in [2.24, 2.45) is 0 Å². The van der Waals surface area contributed by atoms with Gasteiger partial charge in [0, 0.05) is 0 Å². The van der Waals surface area contributed by atoms with Crippen LogP contribution in [0.15, 0.2) is 0 Å². The van der Waals surface area contributed by atoms with E-state index in [1.807, 2.05) is 0 Å². The van der Waals surface area contributed by atoms with Gasteiger partial charge >= 0.3 is 12.4 Å². The summed E-state index contributed by atoms with van der Waals surface area (Å²) < 4.78 is 101. The molecule has 0 aromatic heterocycles. The molecule has 0 aliphatic carbocycles. The molecule has 0 bridgehead atoms. The highest BCUT2D eigenvalue weighted by Crippen LogP contribution is 2.38. The van der Waals surface area contributed by atoms with E-state index in [2.05, 4.69) is 0 Å². The molecule has 0 aromatic rings. The van der Waals surface area contributed by atoms with Crippen LogP contribution in [0.2, 0.25) is 0 Å². The number of hydrogen-bond acceptors (Lipinski definition) is 2. The van der Waals surface area contributed by atoms with Gasteiger partial charge in [-0.2, -0.15) is 26.3 Å². The summed E-state index contributed by atoms with van der Waals surface area (Å²) in [5, 5.41) is -5.90. The quantitative estimate of drug-likeness (QED) is 0.602. The molecular formula is C12H20F6O2S. The van der Waals surface area contributed by atoms with Gasteiger partial charge in [0.2, 0.25) is 0 Å². The summed E-state index contributed by atoms with van der Waals surface area (Å²) in [5.41, 5.74) is 0. The molecule has 0 saturated carbocycles. The van der Waals surface area contributed by atoms with Crippen LogP contribution in [0, 0.1) is 0 Å². The summed E-state index contributed by atoms with van der Waals surface area (Å²) >= 11 is 0. The molecule has 2 atom stereocenters. The van der Waals surface area contributed by atoms with Crippen LogP contribution in [0.5, 0.6) is 0 Å². The first-order valence-corrected chi connectivity index (χ1v) is 8.36. The largest absolute Gasteiger partial charge is 0.405 e. The van der Waals surface area contributed by atoms with Crippen molar-refractivity contribution in [3.05, 3.63) is 0 Å². The second-order valence-electron chi connectivity index (χ2n) is 4.93. The second-order valence-corrected chi connectivity index (χ2v) is 7.25. The topological polar surface area (TPSA) is 34.1 Å². The van der Waals surface area contributed by atoms with Crippen molar-refractivity contribution in [2.45, 2.75) is 75.2 Å². The van der Waals surface area contributed by atoms with Crippen molar-refractivity contribution in [1.29, 1.82) is 0 Å². The van der Waals surface area contributed by atoms with Gasteiger partial charge < -0.3 is 0 Å². The van der Waals surface area contributed by atoms with Gasteiger partial charge in [-0.05, 0) is 12.8 Å². The van der Waals surface area contributed by atoms with E-state index in [-0.39, 0.29) is 25.7 Å². The van der Waals surface area contributed by atoms with Gasteiger partial charge in [-0.25, -0.2) is 8.42 Å². The lowest BCUT2D eigenvalue weighted by Crippen LogP contribution is -2.47. The third-order valence-electron chi connectivity index (χ3n) is 3.16. The first-order valence-electron chi connectivity index (χ1n) is 6.75. The van der Waals surface area contributed by atoms with Crippen LogP contribution >= 0.6 is 0 Å². The highest BCUT2D eigenvalue weighted by molar-refractivity contribution is 7.92. The third-order valence-corrected chi connectivity index (χ3v) is 5.76. The molecule has 0 fully saturated rings. The molecule has 0 radical (unpaired) electrons. The molecule has 128 valence electrons. The Hall–Kier alpha value is -0.470. The van der Waals surface area contributed by atoms with E-state index < -0.39 is 45.5 Å². The van der Waals surface area contributed by atoms with Crippen molar-refractivity contribution in [3.63, 3.8) is 0 Å². The average Bonchev–Trinajstić information content (AvgIpc) is 2.25. The maximum absolute atomic E-state index is 12.9. The molecule has 0 rings (SSSR count). The van der Waals surface area contributed by atoms with Gasteiger partial charge in [-0.15, -0.1) is 0 Å². The van der Waals surface area contributed by atoms with Crippen molar-refractivity contribution in [3.8, 4) is 0 Å². The summed E-state index contributed by atoms with van der Waals surface area (Å²) in [4.78, 5) is 0. The second kappa shape index (κ2) is 7.69. The van der Waals surface area contributed by atoms with Crippen LogP contribution < -0.4 is 0 Å². The van der Waals surface area contributed by atoms with E-state index in [1.165, 1.54) is 0 Å². The average molecular weight is 342 g/mol. The van der Waals surface area contributed by atoms with Crippen LogP contribution in [-0.2, 0) is 9.84 Å². The number of alkyl halides is 6. The molecule has 9 heteroatoms. The number of hydrogen-bond donors (Lipinski definition) is 0. The first kappa shape index (κ1) is 20.5. The van der Waals surface area contributed by atoms with Crippen molar-refractivity contribution < 1.29 is 34.8 Å². The fraction of sp³-hybridized carbons (Fsp3) is 1.00. The molecule has 2 unspecified atom stereocenters. The van der Waals surface area contributed by atoms with E-state index in [4.69, 9.17) is 0 Å². The molecule has 0 aliphatic heterocycles. The number of sulfone groups is 1. The molecule has 21 heavy (non-hydrogen) atoms. The Bertz CT molecular complexity index is 367. The van der Waals surface area contributed by atoms with Crippen LogP contribution in [0.25, 0.3) is 0 Å². The minimum Gasteiger partial charge on any atom is -0.228 e. The zero-order valence-electron chi connectivity index (χ0n) is 11.9. The highest BCUT2D eigenvalue weighted by Gasteiger charge is 2.57. The molecule has 0 N–H and O–H groups in total. The summed E-state index contributed by atoms with van der Waals surface area (Å²) in [7, 11) is -5.37. The van der Waals surface area contributed by atoms with Gasteiger partial charge in [0.25, 0.3) is 0 Å². The predicted octanol–water partition coefficient (Wildman–Crippen LogP) is 4.64. The maximum Gasteiger partial charge on any atom is 0.405 e. The summed E-state index contributed by atoms with van der Waals surface area (Å²) in [5.74, 6) is 0. The molecule has 0 spiro atoms. The number of rotatable bonds is 8. The Morgan fingerprint density at radius 3 is 1.24 bits per heavy atom. The fourth-order valence-electron chi connectivity index (χ4n) is 2.01. The lowest BCUT2D eigenvalue weighted by molar-refractivity contribution is -0.140. The smallest absolute Gasteiger partial charge is 0.228 e. The molecule has 0 heterocycles. The van der Waals surface area contributed by atoms with Crippen molar-refractivity contribution in [1.82, 2.24) is 0 Å². The van der Waals surface area contributed by atoms with Crippen molar-refractivity contribution >= 4 is 9.84 Å². The van der Waals surface area contributed by atoms with Crippen molar-refractivity contribution in [2.75, 3.05) is 0 Å². The fourth-order valence-corrected chi connectivity index (χ4v) is 4.14. The van der Waals surface area contributed by atoms with E-state index in [9.17, 15) is 34.8 Å². The van der Waals surface area contributed by atoms with Crippen LogP contribution in [-0.4, -0.2) is 31.3 Å². The number of halogens is 6. The monoisotopic (exact) mass is 342 g/mol. The molecule has 0 aliphatic rings. The van der Waals surface area contributed by atoms with E-state index in [1.54, 1.807) is 13.8 Å². The van der Waals surface area contributed by atoms with E-state index in [0.29, 0.717) is 0 Å². The Morgan fingerprint density at radius 2 is 1.05 bits per heavy atom. The maximum atomic E-state index is 12.9. The van der Waals surface area contributed by atoms with Gasteiger partial charge in [0.05, 0.1) is 0 Å². The molecule has 2 nitrogen and oxygen atoms in total. The van der Waals surface area contributed by atoms with Gasteiger partial charge in [0.1, 0.15) is 0 Å². The molecular weight excluding hydrogens is 322 g/mol. The highest BCUT2D eigenvalue weighted by atomic mass is 32.2. The van der Waals surface area contributed by atoms with Crippen LogP contribution in [0.1, 0.15) is 52.4 Å². The lowest BCUT2D eigenvalue weighted by Gasteiger charge is -2.27.